The van der Waals surface area contributed by atoms with Crippen molar-refractivity contribution in [1.82, 2.24) is 15.0 Å². The molecule has 4 nitrogen and oxygen atoms in total. The van der Waals surface area contributed by atoms with Gasteiger partial charge >= 0.3 is 0 Å². The van der Waals surface area contributed by atoms with Crippen LogP contribution in [0, 0.1) is 6.92 Å². The van der Waals surface area contributed by atoms with Gasteiger partial charge in [0.15, 0.2) is 0 Å². The van der Waals surface area contributed by atoms with E-state index in [4.69, 9.17) is 4.98 Å². The summed E-state index contributed by atoms with van der Waals surface area (Å²) >= 11 is 1.68. The summed E-state index contributed by atoms with van der Waals surface area (Å²) in [6, 6.07) is 10.7. The zero-order chi connectivity index (χ0) is 18.2. The minimum absolute atomic E-state index is 0.159. The van der Waals surface area contributed by atoms with E-state index in [1.165, 1.54) is 5.56 Å². The number of hydrogen-bond acceptors (Lipinski definition) is 5. The van der Waals surface area contributed by atoms with Gasteiger partial charge in [-0.05, 0) is 24.0 Å². The van der Waals surface area contributed by atoms with Crippen molar-refractivity contribution in [3.05, 3.63) is 47.8 Å². The van der Waals surface area contributed by atoms with Gasteiger partial charge in [0, 0.05) is 25.9 Å². The maximum atomic E-state index is 4.77. The van der Waals surface area contributed by atoms with E-state index in [0.29, 0.717) is 5.95 Å². The van der Waals surface area contributed by atoms with E-state index in [0.717, 1.165) is 26.8 Å². The molecule has 0 aliphatic rings. The Labute approximate surface area is 153 Å². The third-order valence-electron chi connectivity index (χ3n) is 4.07. The number of nitrogens with zero attached hydrogens (tertiary/aromatic N) is 4. The van der Waals surface area contributed by atoms with Gasteiger partial charge in [0.1, 0.15) is 5.01 Å². The highest BCUT2D eigenvalue weighted by molar-refractivity contribution is 7.18. The minimum atomic E-state index is 0.159. The molecule has 130 valence electrons. The van der Waals surface area contributed by atoms with Crippen LogP contribution in [0.15, 0.2) is 36.5 Å². The number of hydrogen-bond donors (Lipinski definition) is 0. The average Bonchev–Trinajstić information content (AvgIpc) is 2.96. The quantitative estimate of drug-likeness (QED) is 0.669. The summed E-state index contributed by atoms with van der Waals surface area (Å²) < 4.78 is 0. The molecule has 0 bridgehead atoms. The summed E-state index contributed by atoms with van der Waals surface area (Å²) in [5, 5.41) is 1.03. The monoisotopic (exact) mass is 352 g/mol. The maximum Gasteiger partial charge on any atom is 0.225 e. The van der Waals surface area contributed by atoms with Gasteiger partial charge in [-0.15, -0.1) is 11.3 Å². The Bertz CT molecular complexity index is 873. The van der Waals surface area contributed by atoms with Crippen molar-refractivity contribution in [2.24, 2.45) is 0 Å². The third kappa shape index (κ3) is 3.71. The maximum absolute atomic E-state index is 4.77. The van der Waals surface area contributed by atoms with Crippen LogP contribution >= 0.6 is 11.3 Å². The molecular formula is C20H24N4S. The highest BCUT2D eigenvalue weighted by Crippen LogP contribution is 2.35. The first kappa shape index (κ1) is 17.5. The molecule has 0 spiro atoms. The molecule has 0 atom stereocenters. The third-order valence-corrected chi connectivity index (χ3v) is 5.30. The molecule has 2 aromatic heterocycles. The van der Waals surface area contributed by atoms with Crippen LogP contribution in [0.2, 0.25) is 0 Å². The Morgan fingerprint density at radius 1 is 0.960 bits per heavy atom. The van der Waals surface area contributed by atoms with Crippen molar-refractivity contribution in [3.63, 3.8) is 0 Å². The van der Waals surface area contributed by atoms with E-state index in [-0.39, 0.29) is 5.41 Å². The second-order valence-electron chi connectivity index (χ2n) is 7.40. The number of benzene rings is 1. The number of aryl methyl sites for hydroxylation is 1. The first-order valence-electron chi connectivity index (χ1n) is 8.35. The molecule has 0 saturated heterocycles. The average molecular weight is 353 g/mol. The number of anilines is 1. The largest absolute Gasteiger partial charge is 0.347 e. The van der Waals surface area contributed by atoms with Crippen LogP contribution in [0.3, 0.4) is 0 Å². The fourth-order valence-electron chi connectivity index (χ4n) is 2.56. The van der Waals surface area contributed by atoms with E-state index in [2.05, 4.69) is 55.0 Å². The molecule has 3 rings (SSSR count). The molecule has 3 aromatic rings. The van der Waals surface area contributed by atoms with Crippen molar-refractivity contribution in [1.29, 1.82) is 0 Å². The van der Waals surface area contributed by atoms with Gasteiger partial charge in [-0.3, -0.25) is 0 Å². The Kier molecular flexibility index (Phi) is 4.60. The summed E-state index contributed by atoms with van der Waals surface area (Å²) in [4.78, 5) is 16.7. The molecule has 0 aliphatic carbocycles. The second kappa shape index (κ2) is 6.56. The molecule has 25 heavy (non-hydrogen) atoms. The lowest BCUT2D eigenvalue weighted by molar-refractivity contribution is 0.590. The van der Waals surface area contributed by atoms with Crippen LogP contribution in [0.25, 0.3) is 21.1 Å². The summed E-state index contributed by atoms with van der Waals surface area (Å²) in [5.41, 5.74) is 4.56. The van der Waals surface area contributed by atoms with Crippen LogP contribution in [-0.4, -0.2) is 29.0 Å². The summed E-state index contributed by atoms with van der Waals surface area (Å²) in [6.07, 6.45) is 1.80. The van der Waals surface area contributed by atoms with E-state index >= 15 is 0 Å². The smallest absolute Gasteiger partial charge is 0.225 e. The molecule has 0 saturated carbocycles. The van der Waals surface area contributed by atoms with Gasteiger partial charge in [-0.25, -0.2) is 15.0 Å². The molecule has 0 radical (unpaired) electrons. The van der Waals surface area contributed by atoms with Crippen LogP contribution < -0.4 is 4.90 Å². The van der Waals surface area contributed by atoms with Gasteiger partial charge in [0.05, 0.1) is 16.3 Å². The summed E-state index contributed by atoms with van der Waals surface area (Å²) in [6.45, 7) is 8.72. The van der Waals surface area contributed by atoms with Crippen molar-refractivity contribution in [2.45, 2.75) is 33.1 Å². The van der Waals surface area contributed by atoms with Gasteiger partial charge in [-0.1, -0.05) is 45.0 Å². The first-order valence-corrected chi connectivity index (χ1v) is 9.16. The van der Waals surface area contributed by atoms with E-state index in [9.17, 15) is 0 Å². The topological polar surface area (TPSA) is 41.9 Å². The van der Waals surface area contributed by atoms with Gasteiger partial charge in [0.2, 0.25) is 5.95 Å². The highest BCUT2D eigenvalue weighted by atomic mass is 32.1. The number of thiazole rings is 1. The van der Waals surface area contributed by atoms with Crippen molar-refractivity contribution >= 4 is 17.3 Å². The van der Waals surface area contributed by atoms with Crippen LogP contribution in [0.5, 0.6) is 0 Å². The summed E-state index contributed by atoms with van der Waals surface area (Å²) in [5.74, 6) is 0.710. The molecule has 5 heteroatoms. The molecule has 1 aromatic carbocycles. The molecular weight excluding hydrogens is 328 g/mol. The minimum Gasteiger partial charge on any atom is -0.347 e. The lowest BCUT2D eigenvalue weighted by atomic mass is 9.87. The van der Waals surface area contributed by atoms with Gasteiger partial charge in [0.25, 0.3) is 0 Å². The van der Waals surface area contributed by atoms with Crippen molar-refractivity contribution < 1.29 is 0 Å². The predicted molar refractivity (Wildman–Crippen MR) is 106 cm³/mol. The summed E-state index contributed by atoms with van der Waals surface area (Å²) in [7, 11) is 3.89. The van der Waals surface area contributed by atoms with Crippen molar-refractivity contribution in [3.8, 4) is 21.1 Å². The van der Waals surface area contributed by atoms with Gasteiger partial charge < -0.3 is 4.90 Å². The fraction of sp³-hybridized carbons (Fsp3) is 0.350. The van der Waals surface area contributed by atoms with Crippen LogP contribution in [0.4, 0.5) is 5.95 Å². The molecule has 0 unspecified atom stereocenters. The van der Waals surface area contributed by atoms with E-state index in [1.807, 2.05) is 32.0 Å². The fourth-order valence-corrected chi connectivity index (χ4v) is 3.60. The lowest BCUT2D eigenvalue weighted by Gasteiger charge is -2.18. The zero-order valence-electron chi connectivity index (χ0n) is 15.7. The molecule has 0 amide bonds. The standard InChI is InChI=1S/C20H24N4S/c1-13-17(16-11-12-21-19(23-16)24(5)6)25-18(22-13)14-7-9-15(10-8-14)20(2,3)4/h7-12H,1-6H3. The molecule has 0 fully saturated rings. The Balaban J connectivity index is 1.97. The number of rotatable bonds is 3. The lowest BCUT2D eigenvalue weighted by Crippen LogP contribution is -2.12. The Hall–Kier alpha value is -2.27. The van der Waals surface area contributed by atoms with E-state index in [1.54, 1.807) is 17.5 Å². The molecule has 0 aliphatic heterocycles. The van der Waals surface area contributed by atoms with Gasteiger partial charge in [-0.2, -0.15) is 0 Å². The second-order valence-corrected chi connectivity index (χ2v) is 8.40. The van der Waals surface area contributed by atoms with Crippen LogP contribution in [0.1, 0.15) is 32.0 Å². The van der Waals surface area contributed by atoms with E-state index < -0.39 is 0 Å². The number of aromatic nitrogens is 3. The SMILES string of the molecule is Cc1nc(-c2ccc(C(C)(C)C)cc2)sc1-c1ccnc(N(C)C)n1. The molecule has 0 N–H and O–H groups in total. The Morgan fingerprint density at radius 2 is 1.64 bits per heavy atom. The predicted octanol–water partition coefficient (Wildman–Crippen LogP) is 4.94. The van der Waals surface area contributed by atoms with Crippen molar-refractivity contribution in [2.75, 3.05) is 19.0 Å². The zero-order valence-corrected chi connectivity index (χ0v) is 16.5. The highest BCUT2D eigenvalue weighted by Gasteiger charge is 2.16. The Morgan fingerprint density at radius 3 is 2.24 bits per heavy atom. The normalized spacial score (nSPS) is 11.6. The van der Waals surface area contributed by atoms with Crippen LogP contribution in [-0.2, 0) is 5.41 Å². The molecule has 2 heterocycles. The first-order chi connectivity index (χ1) is 11.8.